The van der Waals surface area contributed by atoms with Crippen LogP contribution in [-0.4, -0.2) is 51.7 Å². The Morgan fingerprint density at radius 2 is 1.75 bits per heavy atom. The molecule has 5 rings (SSSR count). The monoisotopic (exact) mass is 431 g/mol. The summed E-state index contributed by atoms with van der Waals surface area (Å²) in [5.74, 6) is 2.35. The second-order valence-electron chi connectivity index (χ2n) is 8.42. The van der Waals surface area contributed by atoms with Crippen LogP contribution in [0.1, 0.15) is 22.0 Å². The van der Waals surface area contributed by atoms with Crippen LogP contribution in [0.4, 0.5) is 5.69 Å². The summed E-state index contributed by atoms with van der Waals surface area (Å²) in [5.41, 5.74) is 1.70. The van der Waals surface area contributed by atoms with Crippen molar-refractivity contribution in [1.29, 1.82) is 0 Å². The van der Waals surface area contributed by atoms with E-state index in [-0.39, 0.29) is 11.8 Å². The third-order valence-electron chi connectivity index (χ3n) is 6.37. The predicted molar refractivity (Wildman–Crippen MR) is 118 cm³/mol. The molecule has 164 valence electrons. The van der Waals surface area contributed by atoms with Gasteiger partial charge < -0.3 is 19.5 Å². The van der Waals surface area contributed by atoms with Gasteiger partial charge in [-0.05, 0) is 41.7 Å². The Hall–Kier alpha value is -3.68. The fraction of sp³-hybridized carbons (Fsp3) is 0.333. The predicted octanol–water partition coefficient (Wildman–Crippen LogP) is 2.41. The Bertz CT molecular complexity index is 1130. The van der Waals surface area contributed by atoms with E-state index in [1.807, 2.05) is 39.8 Å². The molecule has 3 heterocycles. The van der Waals surface area contributed by atoms with Crippen LogP contribution >= 0.6 is 0 Å². The van der Waals surface area contributed by atoms with E-state index < -0.39 is 0 Å². The van der Waals surface area contributed by atoms with Gasteiger partial charge in [-0.1, -0.05) is 30.3 Å². The Morgan fingerprint density at radius 3 is 2.50 bits per heavy atom. The summed E-state index contributed by atoms with van der Waals surface area (Å²) in [6.45, 7) is 2.08. The summed E-state index contributed by atoms with van der Waals surface area (Å²) < 4.78 is 7.06. The maximum Gasteiger partial charge on any atom is 0.293 e. The fourth-order valence-corrected chi connectivity index (χ4v) is 4.64. The van der Waals surface area contributed by atoms with Crippen LogP contribution in [0.5, 0.6) is 5.75 Å². The SMILES string of the molecule is COc1ccc(NC(=O)c2nnc3n2CC2CN(C(=O)Cc4ccccc4)CC2C3)cc1. The Morgan fingerprint density at radius 1 is 1.00 bits per heavy atom. The van der Waals surface area contributed by atoms with Gasteiger partial charge in [-0.25, -0.2) is 0 Å². The van der Waals surface area contributed by atoms with Gasteiger partial charge in [0.05, 0.1) is 13.5 Å². The quantitative estimate of drug-likeness (QED) is 0.670. The number of benzene rings is 2. The highest BCUT2D eigenvalue weighted by atomic mass is 16.5. The molecule has 2 unspecified atom stereocenters. The maximum atomic E-state index is 12.8. The summed E-state index contributed by atoms with van der Waals surface area (Å²) in [4.78, 5) is 27.6. The average molecular weight is 431 g/mol. The van der Waals surface area contributed by atoms with Crippen molar-refractivity contribution in [1.82, 2.24) is 19.7 Å². The van der Waals surface area contributed by atoms with Gasteiger partial charge in [-0.15, -0.1) is 10.2 Å². The Balaban J connectivity index is 1.25. The number of aromatic nitrogens is 3. The van der Waals surface area contributed by atoms with Crippen LogP contribution in [0.3, 0.4) is 0 Å². The molecule has 2 aromatic carbocycles. The summed E-state index contributed by atoms with van der Waals surface area (Å²) in [7, 11) is 1.60. The first-order valence-corrected chi connectivity index (χ1v) is 10.8. The normalized spacial score (nSPS) is 19.2. The lowest BCUT2D eigenvalue weighted by Crippen LogP contribution is -2.31. The number of fused-ring (bicyclic) bond motifs is 2. The number of carbonyl (C=O) groups is 2. The second-order valence-corrected chi connectivity index (χ2v) is 8.42. The van der Waals surface area contributed by atoms with Crippen LogP contribution in [0.25, 0.3) is 0 Å². The Labute approximate surface area is 186 Å². The zero-order chi connectivity index (χ0) is 22.1. The van der Waals surface area contributed by atoms with Crippen molar-refractivity contribution in [3.05, 3.63) is 71.8 Å². The van der Waals surface area contributed by atoms with Crippen LogP contribution < -0.4 is 10.1 Å². The largest absolute Gasteiger partial charge is 0.497 e. The topological polar surface area (TPSA) is 89.3 Å². The van der Waals surface area contributed by atoms with Crippen molar-refractivity contribution in [2.24, 2.45) is 11.8 Å². The minimum absolute atomic E-state index is 0.152. The van der Waals surface area contributed by atoms with Gasteiger partial charge in [-0.2, -0.15) is 0 Å². The summed E-state index contributed by atoms with van der Waals surface area (Å²) >= 11 is 0. The molecule has 0 spiro atoms. The number of amides is 2. The lowest BCUT2D eigenvalue weighted by Gasteiger charge is -2.25. The molecule has 8 heteroatoms. The summed E-state index contributed by atoms with van der Waals surface area (Å²) in [6.07, 6.45) is 1.14. The van der Waals surface area contributed by atoms with E-state index in [2.05, 4.69) is 15.5 Å². The van der Waals surface area contributed by atoms with Crippen molar-refractivity contribution in [3.8, 4) is 5.75 Å². The maximum absolute atomic E-state index is 12.8. The lowest BCUT2D eigenvalue weighted by atomic mass is 9.89. The first-order chi connectivity index (χ1) is 15.6. The zero-order valence-electron chi connectivity index (χ0n) is 17.9. The van der Waals surface area contributed by atoms with E-state index in [0.29, 0.717) is 42.9 Å². The number of nitrogens with zero attached hydrogens (tertiary/aromatic N) is 4. The molecule has 2 amide bonds. The molecular weight excluding hydrogens is 406 g/mol. The van der Waals surface area contributed by atoms with Gasteiger partial charge in [0.1, 0.15) is 11.6 Å². The number of likely N-dealkylation sites (tertiary alicyclic amines) is 1. The fourth-order valence-electron chi connectivity index (χ4n) is 4.64. The van der Waals surface area contributed by atoms with Gasteiger partial charge in [0.2, 0.25) is 11.7 Å². The minimum atomic E-state index is -0.289. The third kappa shape index (κ3) is 3.95. The molecule has 1 aromatic heterocycles. The lowest BCUT2D eigenvalue weighted by molar-refractivity contribution is -0.129. The number of carbonyl (C=O) groups excluding carboxylic acids is 2. The van der Waals surface area contributed by atoms with Gasteiger partial charge in [0.15, 0.2) is 0 Å². The van der Waals surface area contributed by atoms with Crippen LogP contribution in [0, 0.1) is 11.8 Å². The molecule has 2 atom stereocenters. The number of methoxy groups -OCH3 is 1. The third-order valence-corrected chi connectivity index (χ3v) is 6.37. The number of hydrogen-bond acceptors (Lipinski definition) is 5. The van der Waals surface area contributed by atoms with Gasteiger partial charge in [0, 0.05) is 31.7 Å². The highest BCUT2D eigenvalue weighted by Crippen LogP contribution is 2.33. The number of ether oxygens (including phenoxy) is 1. The van der Waals surface area contributed by atoms with E-state index in [1.165, 1.54) is 0 Å². The first-order valence-electron chi connectivity index (χ1n) is 10.8. The van der Waals surface area contributed by atoms with Crippen molar-refractivity contribution < 1.29 is 14.3 Å². The number of anilines is 1. The molecule has 0 aliphatic carbocycles. The van der Waals surface area contributed by atoms with Crippen molar-refractivity contribution in [2.75, 3.05) is 25.5 Å². The molecule has 2 aliphatic rings. The van der Waals surface area contributed by atoms with Gasteiger partial charge in [-0.3, -0.25) is 9.59 Å². The molecular formula is C24H25N5O3. The van der Waals surface area contributed by atoms with Crippen molar-refractivity contribution >= 4 is 17.5 Å². The van der Waals surface area contributed by atoms with Crippen LogP contribution in [-0.2, 0) is 24.2 Å². The molecule has 1 N–H and O–H groups in total. The molecule has 0 saturated carbocycles. The minimum Gasteiger partial charge on any atom is -0.497 e. The van der Waals surface area contributed by atoms with E-state index >= 15 is 0 Å². The van der Waals surface area contributed by atoms with Gasteiger partial charge in [0.25, 0.3) is 5.91 Å². The molecule has 8 nitrogen and oxygen atoms in total. The molecule has 0 radical (unpaired) electrons. The van der Waals surface area contributed by atoms with E-state index in [0.717, 1.165) is 30.1 Å². The van der Waals surface area contributed by atoms with Gasteiger partial charge >= 0.3 is 0 Å². The number of nitrogens with one attached hydrogen (secondary N) is 1. The van der Waals surface area contributed by atoms with E-state index in [1.54, 1.807) is 31.4 Å². The molecule has 1 fully saturated rings. The average Bonchev–Trinajstić information content (AvgIpc) is 3.42. The van der Waals surface area contributed by atoms with Crippen LogP contribution in [0.2, 0.25) is 0 Å². The van der Waals surface area contributed by atoms with Crippen LogP contribution in [0.15, 0.2) is 54.6 Å². The smallest absolute Gasteiger partial charge is 0.293 e. The molecule has 1 saturated heterocycles. The number of rotatable bonds is 5. The highest BCUT2D eigenvalue weighted by molar-refractivity contribution is 6.01. The first kappa shape index (κ1) is 20.2. The molecule has 0 bridgehead atoms. The van der Waals surface area contributed by atoms with E-state index in [4.69, 9.17) is 4.74 Å². The summed E-state index contributed by atoms with van der Waals surface area (Å²) in [5, 5.41) is 11.3. The van der Waals surface area contributed by atoms with E-state index in [9.17, 15) is 9.59 Å². The second kappa shape index (κ2) is 8.45. The van der Waals surface area contributed by atoms with Crippen molar-refractivity contribution in [3.63, 3.8) is 0 Å². The molecule has 32 heavy (non-hydrogen) atoms. The molecule has 3 aromatic rings. The summed E-state index contributed by atoms with van der Waals surface area (Å²) in [6, 6.07) is 17.0. The van der Waals surface area contributed by atoms with Crippen molar-refractivity contribution in [2.45, 2.75) is 19.4 Å². The zero-order valence-corrected chi connectivity index (χ0v) is 17.9. The standard InChI is InChI=1S/C24H25N5O3/c1-32-20-9-7-19(8-10-20)25-24(31)23-27-26-21-12-17-13-28(14-18(17)15-29(21)23)22(30)11-16-5-3-2-4-6-16/h2-10,17-18H,11-15H2,1H3,(H,25,31). The Kier molecular flexibility index (Phi) is 5.34. The highest BCUT2D eigenvalue weighted by Gasteiger charge is 2.40. The number of hydrogen-bond donors (Lipinski definition) is 1. The molecule has 2 aliphatic heterocycles.